The third kappa shape index (κ3) is 3.78. The molecule has 0 radical (unpaired) electrons. The Kier molecular flexibility index (Phi) is 5.04. The van der Waals surface area contributed by atoms with E-state index in [2.05, 4.69) is 19.9 Å². The Hall–Kier alpha value is -2.21. The Bertz CT molecular complexity index is 1130. The van der Waals surface area contributed by atoms with Crippen LogP contribution in [0.25, 0.3) is 10.2 Å². The van der Waals surface area contributed by atoms with Crippen LogP contribution in [-0.2, 0) is 31.7 Å². The van der Waals surface area contributed by atoms with Gasteiger partial charge in [0.2, 0.25) is 11.1 Å². The van der Waals surface area contributed by atoms with Gasteiger partial charge in [-0.3, -0.25) is 0 Å². The zero-order valence-electron chi connectivity index (χ0n) is 15.2. The topological polar surface area (TPSA) is 54.8 Å². The molecule has 3 aromatic rings. The van der Waals surface area contributed by atoms with Crippen LogP contribution in [0.2, 0.25) is 5.28 Å². The lowest BCUT2D eigenvalue weighted by atomic mass is 10.0. The number of nitrogens with zero attached hydrogens (tertiary/aromatic N) is 5. The number of anilines is 1. The Morgan fingerprint density at radius 3 is 2.43 bits per heavy atom. The van der Waals surface area contributed by atoms with Crippen LogP contribution in [0.15, 0.2) is 6.07 Å². The number of fused-ring (bicyclic) bond motifs is 2. The molecule has 0 amide bonds. The molecular formula is C17H12ClF6N5S. The molecule has 160 valence electrons. The van der Waals surface area contributed by atoms with E-state index in [1.807, 2.05) is 13.0 Å². The molecule has 0 saturated heterocycles. The van der Waals surface area contributed by atoms with Crippen LogP contribution in [0.4, 0.5) is 32.2 Å². The molecule has 0 fully saturated rings. The van der Waals surface area contributed by atoms with E-state index in [1.54, 1.807) is 4.90 Å². The lowest BCUT2D eigenvalue weighted by Crippen LogP contribution is -2.35. The van der Waals surface area contributed by atoms with Gasteiger partial charge in [0.15, 0.2) is 5.69 Å². The highest BCUT2D eigenvalue weighted by molar-refractivity contribution is 7.18. The standard InChI is InChI=1S/C17H12ClF6N5S/c1-2-7-5-9-12(27-15(18)28-13(9)30-7)29-4-3-8-10(6-29)25-14(17(22,23)24)26-11(8)16(19,20)21/h5H,2-4,6H2,1H3. The quantitative estimate of drug-likeness (QED) is 0.378. The fourth-order valence-electron chi connectivity index (χ4n) is 3.32. The van der Waals surface area contributed by atoms with Crippen molar-refractivity contribution in [1.82, 2.24) is 19.9 Å². The normalized spacial score (nSPS) is 15.0. The number of aryl methyl sites for hydroxylation is 1. The number of hydrogen-bond donors (Lipinski definition) is 0. The lowest BCUT2D eigenvalue weighted by Gasteiger charge is -2.31. The van der Waals surface area contributed by atoms with E-state index in [0.717, 1.165) is 11.3 Å². The molecule has 0 bridgehead atoms. The molecule has 13 heteroatoms. The summed E-state index contributed by atoms with van der Waals surface area (Å²) in [5, 5.41) is 0.591. The Labute approximate surface area is 174 Å². The first-order valence-corrected chi connectivity index (χ1v) is 9.92. The van der Waals surface area contributed by atoms with Crippen molar-refractivity contribution >= 4 is 39.0 Å². The summed E-state index contributed by atoms with van der Waals surface area (Å²) in [6.45, 7) is 1.75. The minimum absolute atomic E-state index is 0.0533. The number of rotatable bonds is 2. The van der Waals surface area contributed by atoms with Crippen molar-refractivity contribution in [3.63, 3.8) is 0 Å². The first-order chi connectivity index (χ1) is 14.0. The Balaban J connectivity index is 1.82. The Morgan fingerprint density at radius 2 is 1.80 bits per heavy atom. The molecule has 4 rings (SSSR count). The zero-order chi connectivity index (χ0) is 21.8. The highest BCUT2D eigenvalue weighted by Gasteiger charge is 2.43. The second-order valence-corrected chi connectivity index (χ2v) is 8.04. The maximum Gasteiger partial charge on any atom is 0.451 e. The van der Waals surface area contributed by atoms with Crippen LogP contribution in [0.5, 0.6) is 0 Å². The van der Waals surface area contributed by atoms with Gasteiger partial charge in [-0.2, -0.15) is 31.3 Å². The van der Waals surface area contributed by atoms with Crippen LogP contribution in [0.1, 0.15) is 34.6 Å². The fourth-order valence-corrected chi connectivity index (χ4v) is 4.50. The number of hydrogen-bond acceptors (Lipinski definition) is 6. The van der Waals surface area contributed by atoms with Gasteiger partial charge < -0.3 is 4.90 Å². The monoisotopic (exact) mass is 467 g/mol. The minimum Gasteiger partial charge on any atom is -0.350 e. The van der Waals surface area contributed by atoms with Crippen molar-refractivity contribution in [2.24, 2.45) is 0 Å². The van der Waals surface area contributed by atoms with Crippen molar-refractivity contribution < 1.29 is 26.3 Å². The zero-order valence-corrected chi connectivity index (χ0v) is 16.8. The first-order valence-electron chi connectivity index (χ1n) is 8.72. The summed E-state index contributed by atoms with van der Waals surface area (Å²) in [6.07, 6.45) is -9.58. The van der Waals surface area contributed by atoms with Gasteiger partial charge in [0.25, 0.3) is 0 Å². The second-order valence-electron chi connectivity index (χ2n) is 6.59. The van der Waals surface area contributed by atoms with Gasteiger partial charge in [0.05, 0.1) is 17.6 Å². The van der Waals surface area contributed by atoms with Crippen LogP contribution < -0.4 is 4.90 Å². The van der Waals surface area contributed by atoms with Crippen LogP contribution >= 0.6 is 22.9 Å². The number of halogens is 7. The van der Waals surface area contributed by atoms with Gasteiger partial charge in [-0.05, 0) is 30.5 Å². The molecule has 1 aliphatic heterocycles. The van der Waals surface area contributed by atoms with E-state index in [1.165, 1.54) is 11.3 Å². The SMILES string of the molecule is CCc1cc2c(N3CCc4c(nc(C(F)(F)F)nc4C(F)(F)F)C3)nc(Cl)nc2s1. The largest absolute Gasteiger partial charge is 0.451 e. The maximum atomic E-state index is 13.4. The smallest absolute Gasteiger partial charge is 0.350 e. The van der Waals surface area contributed by atoms with E-state index in [0.29, 0.717) is 16.0 Å². The van der Waals surface area contributed by atoms with Crippen LogP contribution in [0.3, 0.4) is 0 Å². The molecule has 3 aromatic heterocycles. The minimum atomic E-state index is -5.10. The van der Waals surface area contributed by atoms with E-state index in [9.17, 15) is 26.3 Å². The average Bonchev–Trinajstić information content (AvgIpc) is 3.07. The summed E-state index contributed by atoms with van der Waals surface area (Å²) in [5.74, 6) is -1.46. The number of aromatic nitrogens is 4. The van der Waals surface area contributed by atoms with Gasteiger partial charge in [-0.1, -0.05) is 6.92 Å². The van der Waals surface area contributed by atoms with Gasteiger partial charge in [-0.15, -0.1) is 11.3 Å². The molecule has 0 N–H and O–H groups in total. The lowest BCUT2D eigenvalue weighted by molar-refractivity contribution is -0.153. The third-order valence-corrected chi connectivity index (χ3v) is 5.97. The summed E-state index contributed by atoms with van der Waals surface area (Å²) < 4.78 is 79.4. The first kappa shape index (κ1) is 21.0. The van der Waals surface area contributed by atoms with Crippen LogP contribution in [-0.4, -0.2) is 26.5 Å². The van der Waals surface area contributed by atoms with Gasteiger partial charge >= 0.3 is 12.4 Å². The van der Waals surface area contributed by atoms with E-state index in [4.69, 9.17) is 11.6 Å². The molecule has 0 spiro atoms. The molecular weight excluding hydrogens is 456 g/mol. The summed E-state index contributed by atoms with van der Waals surface area (Å²) in [5.41, 5.74) is -2.21. The average molecular weight is 468 g/mol. The molecule has 0 saturated carbocycles. The van der Waals surface area contributed by atoms with E-state index < -0.39 is 23.9 Å². The summed E-state index contributed by atoms with van der Waals surface area (Å²) in [6, 6.07) is 1.85. The Morgan fingerprint density at radius 1 is 1.07 bits per heavy atom. The predicted octanol–water partition coefficient (Wildman–Crippen LogP) is 5.30. The van der Waals surface area contributed by atoms with Crippen LogP contribution in [0, 0.1) is 0 Å². The summed E-state index contributed by atoms with van der Waals surface area (Å²) in [7, 11) is 0. The van der Waals surface area contributed by atoms with E-state index >= 15 is 0 Å². The molecule has 0 aliphatic carbocycles. The second kappa shape index (κ2) is 7.19. The highest BCUT2D eigenvalue weighted by Crippen LogP contribution is 2.39. The van der Waals surface area contributed by atoms with Crippen molar-refractivity contribution in [2.45, 2.75) is 38.7 Å². The molecule has 5 nitrogen and oxygen atoms in total. The molecule has 0 aromatic carbocycles. The van der Waals surface area contributed by atoms with E-state index in [-0.39, 0.29) is 36.1 Å². The third-order valence-electron chi connectivity index (χ3n) is 4.63. The molecule has 0 atom stereocenters. The maximum absolute atomic E-state index is 13.4. The number of thiophene rings is 1. The van der Waals surface area contributed by atoms with Gasteiger partial charge in [0.1, 0.15) is 10.6 Å². The molecule has 1 aliphatic rings. The number of alkyl halides is 6. The van der Waals surface area contributed by atoms with Crippen molar-refractivity contribution in [1.29, 1.82) is 0 Å². The van der Waals surface area contributed by atoms with Gasteiger partial charge in [-0.25, -0.2) is 15.0 Å². The molecule has 30 heavy (non-hydrogen) atoms. The predicted molar refractivity (Wildman–Crippen MR) is 98.6 cm³/mol. The summed E-state index contributed by atoms with van der Waals surface area (Å²) in [4.78, 5) is 17.7. The van der Waals surface area contributed by atoms with Crippen molar-refractivity contribution in [3.05, 3.63) is 39.0 Å². The van der Waals surface area contributed by atoms with Crippen molar-refractivity contribution in [3.8, 4) is 0 Å². The molecule has 4 heterocycles. The van der Waals surface area contributed by atoms with Crippen molar-refractivity contribution in [2.75, 3.05) is 11.4 Å². The summed E-state index contributed by atoms with van der Waals surface area (Å²) >= 11 is 7.40. The fraction of sp³-hybridized carbons (Fsp3) is 0.412. The molecule has 0 unspecified atom stereocenters. The van der Waals surface area contributed by atoms with Gasteiger partial charge in [0, 0.05) is 17.0 Å². The highest BCUT2D eigenvalue weighted by atomic mass is 35.5.